The molecule has 0 atom stereocenters. The van der Waals surface area contributed by atoms with E-state index in [4.69, 9.17) is 0 Å². The summed E-state index contributed by atoms with van der Waals surface area (Å²) >= 11 is 0. The van der Waals surface area contributed by atoms with Crippen LogP contribution in [-0.4, -0.2) is 31.6 Å². The highest BCUT2D eigenvalue weighted by Gasteiger charge is 2.24. The molecule has 0 aliphatic carbocycles. The number of carbonyl (C=O) groups excluding carboxylic acids is 1. The summed E-state index contributed by atoms with van der Waals surface area (Å²) in [6.45, 7) is 3.54. The van der Waals surface area contributed by atoms with Gasteiger partial charge in [0, 0.05) is 6.54 Å². The standard InChI is InChI=1S/C16H17FN2O3S/c1-3-19(16(20)13-10-9-12(17)11-18-13)14-7-5-6-8-15(14)23(21,22)4-2/h5-11H,3-4H2,1-2H3. The number of halogens is 1. The van der Waals surface area contributed by atoms with Crippen molar-refractivity contribution in [3.63, 3.8) is 0 Å². The largest absolute Gasteiger partial charge is 0.306 e. The third kappa shape index (κ3) is 3.56. The first-order valence-electron chi connectivity index (χ1n) is 7.16. The molecule has 0 unspecified atom stereocenters. The second-order valence-electron chi connectivity index (χ2n) is 4.78. The molecular weight excluding hydrogens is 319 g/mol. The molecule has 5 nitrogen and oxygen atoms in total. The summed E-state index contributed by atoms with van der Waals surface area (Å²) in [5, 5.41) is 0. The highest BCUT2D eigenvalue weighted by molar-refractivity contribution is 7.91. The highest BCUT2D eigenvalue weighted by atomic mass is 32.2. The van der Waals surface area contributed by atoms with E-state index in [1.807, 2.05) is 0 Å². The number of aromatic nitrogens is 1. The Morgan fingerprint density at radius 1 is 1.17 bits per heavy atom. The van der Waals surface area contributed by atoms with Gasteiger partial charge in [0.05, 0.1) is 22.5 Å². The number of benzene rings is 1. The number of para-hydroxylation sites is 1. The van der Waals surface area contributed by atoms with E-state index < -0.39 is 21.6 Å². The molecule has 1 aromatic heterocycles. The van der Waals surface area contributed by atoms with Crippen LogP contribution >= 0.6 is 0 Å². The zero-order chi connectivity index (χ0) is 17.0. The molecule has 0 aliphatic rings. The minimum Gasteiger partial charge on any atom is -0.306 e. The van der Waals surface area contributed by atoms with Crippen molar-refractivity contribution in [3.05, 3.63) is 54.1 Å². The lowest BCUT2D eigenvalue weighted by atomic mass is 10.2. The maximum atomic E-state index is 13.0. The summed E-state index contributed by atoms with van der Waals surface area (Å²) in [5.41, 5.74) is 0.352. The third-order valence-electron chi connectivity index (χ3n) is 3.38. The molecule has 2 aromatic rings. The monoisotopic (exact) mass is 336 g/mol. The molecule has 1 heterocycles. The van der Waals surface area contributed by atoms with Gasteiger partial charge in [0.1, 0.15) is 11.5 Å². The van der Waals surface area contributed by atoms with Crippen molar-refractivity contribution in [2.24, 2.45) is 0 Å². The van der Waals surface area contributed by atoms with Gasteiger partial charge in [-0.25, -0.2) is 17.8 Å². The van der Waals surface area contributed by atoms with E-state index in [0.717, 1.165) is 12.3 Å². The van der Waals surface area contributed by atoms with E-state index in [1.54, 1.807) is 32.0 Å². The second kappa shape index (κ2) is 6.87. The predicted octanol–water partition coefficient (Wildman–Crippen LogP) is 2.68. The molecule has 7 heteroatoms. The van der Waals surface area contributed by atoms with Crippen molar-refractivity contribution >= 4 is 21.4 Å². The fraction of sp³-hybridized carbons (Fsp3) is 0.250. The Bertz CT molecular complexity index is 804. The normalized spacial score (nSPS) is 11.3. The Morgan fingerprint density at radius 2 is 1.87 bits per heavy atom. The lowest BCUT2D eigenvalue weighted by Gasteiger charge is -2.23. The molecule has 122 valence electrons. The predicted molar refractivity (Wildman–Crippen MR) is 85.7 cm³/mol. The molecular formula is C16H17FN2O3S. The number of anilines is 1. The van der Waals surface area contributed by atoms with Gasteiger partial charge >= 0.3 is 0 Å². The van der Waals surface area contributed by atoms with Gasteiger partial charge in [0.2, 0.25) is 0 Å². The highest BCUT2D eigenvalue weighted by Crippen LogP contribution is 2.27. The Morgan fingerprint density at radius 3 is 2.43 bits per heavy atom. The number of hydrogen-bond donors (Lipinski definition) is 0. The molecule has 1 amide bonds. The molecule has 0 bridgehead atoms. The van der Waals surface area contributed by atoms with Crippen molar-refractivity contribution < 1.29 is 17.6 Å². The molecule has 1 aromatic carbocycles. The minimum absolute atomic E-state index is 0.0527. The first-order valence-corrected chi connectivity index (χ1v) is 8.81. The number of amides is 1. The lowest BCUT2D eigenvalue weighted by molar-refractivity contribution is 0.0983. The van der Waals surface area contributed by atoms with Crippen molar-refractivity contribution in [3.8, 4) is 0 Å². The first-order chi connectivity index (χ1) is 10.9. The number of hydrogen-bond acceptors (Lipinski definition) is 4. The van der Waals surface area contributed by atoms with Gasteiger partial charge in [-0.1, -0.05) is 19.1 Å². The fourth-order valence-corrected chi connectivity index (χ4v) is 3.26. The van der Waals surface area contributed by atoms with Gasteiger partial charge < -0.3 is 4.90 Å². The van der Waals surface area contributed by atoms with Crippen molar-refractivity contribution in [1.82, 2.24) is 4.98 Å². The number of pyridine rings is 1. The summed E-state index contributed by atoms with van der Waals surface area (Å²) in [6, 6.07) is 8.74. The fourth-order valence-electron chi connectivity index (χ4n) is 2.16. The molecule has 0 saturated heterocycles. The van der Waals surface area contributed by atoms with Gasteiger partial charge in [-0.05, 0) is 31.2 Å². The van der Waals surface area contributed by atoms with Crippen molar-refractivity contribution in [2.45, 2.75) is 18.7 Å². The van der Waals surface area contributed by atoms with E-state index in [0.29, 0.717) is 5.69 Å². The van der Waals surface area contributed by atoms with Crippen LogP contribution in [0.2, 0.25) is 0 Å². The second-order valence-corrected chi connectivity index (χ2v) is 7.03. The van der Waals surface area contributed by atoms with Crippen LogP contribution in [0.4, 0.5) is 10.1 Å². The van der Waals surface area contributed by atoms with E-state index in [2.05, 4.69) is 4.98 Å². The van der Waals surface area contributed by atoms with E-state index in [9.17, 15) is 17.6 Å². The van der Waals surface area contributed by atoms with Gasteiger partial charge in [0.25, 0.3) is 5.91 Å². The minimum atomic E-state index is -3.48. The summed E-state index contributed by atoms with van der Waals surface area (Å²) < 4.78 is 37.4. The van der Waals surface area contributed by atoms with Crippen LogP contribution in [0.1, 0.15) is 24.3 Å². The quantitative estimate of drug-likeness (QED) is 0.842. The molecule has 0 saturated carbocycles. The van der Waals surface area contributed by atoms with Crippen molar-refractivity contribution in [1.29, 1.82) is 0 Å². The van der Waals surface area contributed by atoms with E-state index in [-0.39, 0.29) is 22.9 Å². The zero-order valence-corrected chi connectivity index (χ0v) is 13.7. The van der Waals surface area contributed by atoms with Gasteiger partial charge in [-0.3, -0.25) is 4.79 Å². The maximum absolute atomic E-state index is 13.0. The van der Waals surface area contributed by atoms with Gasteiger partial charge in [0.15, 0.2) is 9.84 Å². The average molecular weight is 336 g/mol. The smallest absolute Gasteiger partial charge is 0.276 e. The van der Waals surface area contributed by atoms with Crippen LogP contribution in [0.25, 0.3) is 0 Å². The lowest BCUT2D eigenvalue weighted by Crippen LogP contribution is -2.32. The molecule has 0 N–H and O–H groups in total. The van der Waals surface area contributed by atoms with Crippen LogP contribution in [0.15, 0.2) is 47.5 Å². The summed E-state index contributed by atoms with van der Waals surface area (Å²) in [5.74, 6) is -1.09. The maximum Gasteiger partial charge on any atom is 0.276 e. The Kier molecular flexibility index (Phi) is 5.10. The third-order valence-corrected chi connectivity index (χ3v) is 5.15. The van der Waals surface area contributed by atoms with E-state index >= 15 is 0 Å². The number of rotatable bonds is 5. The summed E-state index contributed by atoms with van der Waals surface area (Å²) in [7, 11) is -3.48. The Balaban J connectivity index is 2.50. The Hall–Kier alpha value is -2.28. The SMILES string of the molecule is CCN(C(=O)c1ccc(F)cn1)c1ccccc1S(=O)(=O)CC. The van der Waals surface area contributed by atoms with Crippen LogP contribution in [0, 0.1) is 5.82 Å². The molecule has 2 rings (SSSR count). The van der Waals surface area contributed by atoms with Gasteiger partial charge in [-0.15, -0.1) is 0 Å². The number of carbonyl (C=O) groups is 1. The summed E-state index contributed by atoms with van der Waals surface area (Å²) in [4.78, 5) is 17.8. The van der Waals surface area contributed by atoms with E-state index in [1.165, 1.54) is 17.0 Å². The average Bonchev–Trinajstić information content (AvgIpc) is 2.56. The first kappa shape index (κ1) is 17.1. The molecule has 0 aliphatic heterocycles. The molecule has 0 spiro atoms. The topological polar surface area (TPSA) is 67.3 Å². The number of sulfone groups is 1. The molecule has 0 fully saturated rings. The Labute approximate surface area is 134 Å². The number of nitrogens with zero attached hydrogens (tertiary/aromatic N) is 2. The van der Waals surface area contributed by atoms with Crippen LogP contribution < -0.4 is 4.90 Å². The van der Waals surface area contributed by atoms with Crippen LogP contribution in [0.5, 0.6) is 0 Å². The van der Waals surface area contributed by atoms with Gasteiger partial charge in [-0.2, -0.15) is 0 Å². The summed E-state index contributed by atoms with van der Waals surface area (Å²) in [6.07, 6.45) is 0.954. The van der Waals surface area contributed by atoms with Crippen LogP contribution in [-0.2, 0) is 9.84 Å². The van der Waals surface area contributed by atoms with Crippen LogP contribution in [0.3, 0.4) is 0 Å². The van der Waals surface area contributed by atoms with Crippen molar-refractivity contribution in [2.75, 3.05) is 17.2 Å². The molecule has 23 heavy (non-hydrogen) atoms. The zero-order valence-electron chi connectivity index (χ0n) is 12.9. The molecule has 0 radical (unpaired) electrons.